The zero-order chi connectivity index (χ0) is 21.3. The lowest BCUT2D eigenvalue weighted by Gasteiger charge is -2.34. The van der Waals surface area contributed by atoms with Gasteiger partial charge in [0.15, 0.2) is 0 Å². The molecule has 0 saturated carbocycles. The Labute approximate surface area is 175 Å². The molecule has 154 valence electrons. The van der Waals surface area contributed by atoms with Crippen LogP contribution in [-0.2, 0) is 4.79 Å². The number of amides is 2. The lowest BCUT2D eigenvalue weighted by atomic mass is 9.94. The van der Waals surface area contributed by atoms with Gasteiger partial charge in [-0.3, -0.25) is 9.59 Å². The number of hydrogen-bond acceptors (Lipinski definition) is 4. The minimum absolute atomic E-state index is 0.0162. The molecule has 2 amide bonds. The number of ether oxygens (including phenoxy) is 1. The van der Waals surface area contributed by atoms with Gasteiger partial charge in [0.2, 0.25) is 5.91 Å². The van der Waals surface area contributed by atoms with Crippen LogP contribution in [0.1, 0.15) is 31.1 Å². The predicted molar refractivity (Wildman–Crippen MR) is 115 cm³/mol. The first-order valence-corrected chi connectivity index (χ1v) is 9.83. The third kappa shape index (κ3) is 3.91. The van der Waals surface area contributed by atoms with E-state index in [1.54, 1.807) is 46.1 Å². The number of hydrogen-bond donors (Lipinski definition) is 1. The molecule has 0 unspecified atom stereocenters. The summed E-state index contributed by atoms with van der Waals surface area (Å²) in [6.45, 7) is 6.60. The first-order valence-electron chi connectivity index (χ1n) is 9.83. The molecule has 1 aliphatic heterocycles. The number of nitrogens with zero attached hydrogens (tertiary/aromatic N) is 3. The van der Waals surface area contributed by atoms with Gasteiger partial charge in [-0.1, -0.05) is 26.8 Å². The summed E-state index contributed by atoms with van der Waals surface area (Å²) in [7, 11) is 0. The van der Waals surface area contributed by atoms with Crippen molar-refractivity contribution in [1.82, 2.24) is 9.78 Å². The Morgan fingerprint density at radius 2 is 1.93 bits per heavy atom. The van der Waals surface area contributed by atoms with Crippen molar-refractivity contribution in [3.05, 3.63) is 66.5 Å². The van der Waals surface area contributed by atoms with E-state index in [2.05, 4.69) is 10.4 Å². The number of fused-ring (bicyclic) bond motifs is 1. The Morgan fingerprint density at radius 3 is 2.67 bits per heavy atom. The summed E-state index contributed by atoms with van der Waals surface area (Å²) in [5.74, 6) is 0.411. The van der Waals surface area contributed by atoms with Crippen LogP contribution in [0.4, 0.5) is 11.4 Å². The van der Waals surface area contributed by atoms with Crippen molar-refractivity contribution in [1.29, 1.82) is 0 Å². The van der Waals surface area contributed by atoms with E-state index < -0.39 is 5.41 Å². The molecule has 0 atom stereocenters. The molecule has 7 nitrogen and oxygen atoms in total. The van der Waals surface area contributed by atoms with Crippen molar-refractivity contribution in [3.8, 4) is 11.4 Å². The Balaban J connectivity index is 1.58. The predicted octanol–water partition coefficient (Wildman–Crippen LogP) is 3.90. The third-order valence-electron chi connectivity index (χ3n) is 4.84. The highest BCUT2D eigenvalue weighted by molar-refractivity contribution is 6.05. The van der Waals surface area contributed by atoms with E-state index in [1.165, 1.54) is 0 Å². The van der Waals surface area contributed by atoms with E-state index in [0.717, 1.165) is 5.69 Å². The maximum Gasteiger partial charge on any atom is 0.255 e. The van der Waals surface area contributed by atoms with Gasteiger partial charge in [0.05, 0.1) is 17.9 Å². The van der Waals surface area contributed by atoms with Gasteiger partial charge >= 0.3 is 0 Å². The van der Waals surface area contributed by atoms with Gasteiger partial charge in [-0.2, -0.15) is 5.10 Å². The van der Waals surface area contributed by atoms with E-state index in [0.29, 0.717) is 35.8 Å². The van der Waals surface area contributed by atoms with Crippen LogP contribution in [0.15, 0.2) is 60.9 Å². The van der Waals surface area contributed by atoms with Crippen LogP contribution < -0.4 is 15.0 Å². The average molecular weight is 404 g/mol. The number of rotatable bonds is 3. The van der Waals surface area contributed by atoms with Crippen LogP contribution in [0.5, 0.6) is 5.75 Å². The van der Waals surface area contributed by atoms with E-state index in [1.807, 2.05) is 45.2 Å². The van der Waals surface area contributed by atoms with E-state index in [4.69, 9.17) is 4.74 Å². The lowest BCUT2D eigenvalue weighted by molar-refractivity contribution is -0.126. The van der Waals surface area contributed by atoms with Gasteiger partial charge in [0.25, 0.3) is 5.91 Å². The number of benzene rings is 2. The maximum atomic E-state index is 12.9. The average Bonchev–Trinajstić information content (AvgIpc) is 3.27. The van der Waals surface area contributed by atoms with Crippen LogP contribution in [0.3, 0.4) is 0 Å². The second kappa shape index (κ2) is 7.67. The largest absolute Gasteiger partial charge is 0.490 e. The van der Waals surface area contributed by atoms with Crippen molar-refractivity contribution in [2.75, 3.05) is 23.4 Å². The van der Waals surface area contributed by atoms with Crippen molar-refractivity contribution in [2.45, 2.75) is 20.8 Å². The fraction of sp³-hybridized carbons (Fsp3) is 0.261. The van der Waals surface area contributed by atoms with Gasteiger partial charge in [0.1, 0.15) is 12.4 Å². The van der Waals surface area contributed by atoms with Crippen molar-refractivity contribution < 1.29 is 14.3 Å². The third-order valence-corrected chi connectivity index (χ3v) is 4.84. The molecule has 0 bridgehead atoms. The summed E-state index contributed by atoms with van der Waals surface area (Å²) < 4.78 is 7.40. The summed E-state index contributed by atoms with van der Waals surface area (Å²) >= 11 is 0. The minimum atomic E-state index is -0.513. The Hall–Kier alpha value is -3.61. The molecule has 1 N–H and O–H groups in total. The molecule has 0 fully saturated rings. The number of aromatic nitrogens is 2. The SMILES string of the molecule is CC(C)(C)C(=O)N1CCOc2ccc(NC(=O)c3cccc(-n4cccn4)c3)cc21. The van der Waals surface area contributed by atoms with Crippen molar-refractivity contribution in [2.24, 2.45) is 5.41 Å². The summed E-state index contributed by atoms with van der Waals surface area (Å²) in [6.07, 6.45) is 3.51. The normalized spacial score (nSPS) is 13.4. The number of carbonyl (C=O) groups excluding carboxylic acids is 2. The highest BCUT2D eigenvalue weighted by atomic mass is 16.5. The van der Waals surface area contributed by atoms with Crippen molar-refractivity contribution in [3.63, 3.8) is 0 Å². The first-order chi connectivity index (χ1) is 14.3. The molecule has 1 aliphatic rings. The lowest BCUT2D eigenvalue weighted by Crippen LogP contribution is -2.44. The van der Waals surface area contributed by atoms with Gasteiger partial charge in [-0.05, 0) is 42.5 Å². The molecular formula is C23H24N4O3. The highest BCUT2D eigenvalue weighted by Crippen LogP contribution is 2.36. The zero-order valence-electron chi connectivity index (χ0n) is 17.3. The fourth-order valence-electron chi connectivity index (χ4n) is 3.33. The molecule has 0 saturated heterocycles. The van der Waals surface area contributed by atoms with Crippen LogP contribution in [0, 0.1) is 5.41 Å². The molecule has 3 aromatic rings. The second-order valence-electron chi connectivity index (χ2n) is 8.19. The number of anilines is 2. The summed E-state index contributed by atoms with van der Waals surface area (Å²) in [5.41, 5.74) is 2.07. The molecule has 2 aromatic carbocycles. The van der Waals surface area contributed by atoms with E-state index >= 15 is 0 Å². The van der Waals surface area contributed by atoms with Gasteiger partial charge in [-0.25, -0.2) is 4.68 Å². The molecule has 30 heavy (non-hydrogen) atoms. The molecule has 2 heterocycles. The Kier molecular flexibility index (Phi) is 5.03. The number of nitrogens with one attached hydrogen (secondary N) is 1. The maximum absolute atomic E-state index is 12.9. The molecule has 0 radical (unpaired) electrons. The molecular weight excluding hydrogens is 380 g/mol. The number of carbonyl (C=O) groups is 2. The molecule has 7 heteroatoms. The van der Waals surface area contributed by atoms with Crippen LogP contribution in [0.2, 0.25) is 0 Å². The standard InChI is InChI=1S/C23H24N4O3/c1-23(2,3)22(29)26-12-13-30-20-9-8-17(15-19(20)26)25-21(28)16-6-4-7-18(14-16)27-11-5-10-24-27/h4-11,14-15H,12-13H2,1-3H3,(H,25,28). The van der Waals surface area contributed by atoms with E-state index in [9.17, 15) is 9.59 Å². The second-order valence-corrected chi connectivity index (χ2v) is 8.19. The Bertz CT molecular complexity index is 1080. The van der Waals surface area contributed by atoms with Crippen LogP contribution >= 0.6 is 0 Å². The minimum Gasteiger partial charge on any atom is -0.490 e. The summed E-state index contributed by atoms with van der Waals surface area (Å²) in [5, 5.41) is 7.11. The topological polar surface area (TPSA) is 76.5 Å². The zero-order valence-corrected chi connectivity index (χ0v) is 17.3. The van der Waals surface area contributed by atoms with Crippen LogP contribution in [-0.4, -0.2) is 34.7 Å². The molecule has 4 rings (SSSR count). The van der Waals surface area contributed by atoms with Crippen molar-refractivity contribution >= 4 is 23.2 Å². The summed E-state index contributed by atoms with van der Waals surface area (Å²) in [6, 6.07) is 14.4. The summed E-state index contributed by atoms with van der Waals surface area (Å²) in [4.78, 5) is 27.4. The quantitative estimate of drug-likeness (QED) is 0.718. The van der Waals surface area contributed by atoms with Gasteiger partial charge < -0.3 is 15.0 Å². The molecule has 0 spiro atoms. The highest BCUT2D eigenvalue weighted by Gasteiger charge is 2.32. The monoisotopic (exact) mass is 404 g/mol. The molecule has 0 aliphatic carbocycles. The smallest absolute Gasteiger partial charge is 0.255 e. The Morgan fingerprint density at radius 1 is 1.10 bits per heavy atom. The van der Waals surface area contributed by atoms with Gasteiger partial charge in [0, 0.05) is 29.1 Å². The van der Waals surface area contributed by atoms with E-state index in [-0.39, 0.29) is 11.8 Å². The fourth-order valence-corrected chi connectivity index (χ4v) is 3.33. The van der Waals surface area contributed by atoms with Gasteiger partial charge in [-0.15, -0.1) is 0 Å². The molecule has 1 aromatic heterocycles. The first kappa shape index (κ1) is 19.7. The van der Waals surface area contributed by atoms with Crippen LogP contribution in [0.25, 0.3) is 5.69 Å².